The molecule has 53 heavy (non-hydrogen) atoms. The molecule has 1 aromatic rings. The molecule has 1 heterocycles. The molecule has 0 unspecified atom stereocenters. The summed E-state index contributed by atoms with van der Waals surface area (Å²) in [6, 6.07) is 1.30. The molecule has 4 amide bonds. The fourth-order valence-electron chi connectivity index (χ4n) is 6.51. The highest BCUT2D eigenvalue weighted by Crippen LogP contribution is 2.21. The zero-order chi connectivity index (χ0) is 39.5. The van der Waals surface area contributed by atoms with Gasteiger partial charge in [-0.3, -0.25) is 19.2 Å². The zero-order valence-corrected chi connectivity index (χ0v) is 32.1. The van der Waals surface area contributed by atoms with E-state index in [1.54, 1.807) is 24.0 Å². The molecule has 300 valence electrons. The Morgan fingerprint density at radius 3 is 2.09 bits per heavy atom. The SMILES string of the molecule is CC[C@H](C)[C@H](NC(=O)[C@H](Cc1ccc(O)cc1)NC(=O)[C@@H]1CCCN1C(=O)[C@H](CCCCN)NC[C@H](N)CCCCN)C(=O)N[C@H](CC(C)C)C(=O)O. The number of phenolic OH excluding ortho intramolecular Hbond substituents is 1. The topological polar surface area (TPSA) is 255 Å². The lowest BCUT2D eigenvalue weighted by Gasteiger charge is -2.31. The Hall–Kier alpha value is -3.79. The van der Waals surface area contributed by atoms with Crippen molar-refractivity contribution >= 4 is 29.6 Å². The first-order valence-corrected chi connectivity index (χ1v) is 19.3. The molecule has 1 aliphatic heterocycles. The van der Waals surface area contributed by atoms with E-state index >= 15 is 0 Å². The van der Waals surface area contributed by atoms with Crippen LogP contribution in [0.15, 0.2) is 24.3 Å². The fraction of sp³-hybridized carbons (Fsp3) is 0.711. The molecule has 15 nitrogen and oxygen atoms in total. The summed E-state index contributed by atoms with van der Waals surface area (Å²) in [6.07, 6.45) is 6.29. The van der Waals surface area contributed by atoms with Gasteiger partial charge in [-0.15, -0.1) is 0 Å². The van der Waals surface area contributed by atoms with Crippen LogP contribution in [0.25, 0.3) is 0 Å². The highest BCUT2D eigenvalue weighted by molar-refractivity contribution is 5.96. The molecule has 0 spiro atoms. The number of likely N-dealkylation sites (tertiary alicyclic amines) is 1. The number of nitrogens with zero attached hydrogens (tertiary/aromatic N) is 1. The quantitative estimate of drug-likeness (QED) is 0.0641. The second-order valence-corrected chi connectivity index (χ2v) is 14.8. The number of carboxylic acids is 1. The second-order valence-electron chi connectivity index (χ2n) is 14.8. The third kappa shape index (κ3) is 15.6. The molecule has 0 bridgehead atoms. The second kappa shape index (κ2) is 23.8. The van der Waals surface area contributed by atoms with Crippen LogP contribution in [-0.4, -0.2) is 107 Å². The maximum Gasteiger partial charge on any atom is 0.326 e. The molecular weight excluding hydrogens is 680 g/mol. The van der Waals surface area contributed by atoms with Crippen LogP contribution in [0.2, 0.25) is 0 Å². The summed E-state index contributed by atoms with van der Waals surface area (Å²) in [5, 5.41) is 31.2. The molecular formula is C38H66N8O7. The van der Waals surface area contributed by atoms with Crippen LogP contribution in [0, 0.1) is 11.8 Å². The van der Waals surface area contributed by atoms with Gasteiger partial charge < -0.3 is 53.6 Å². The number of carbonyl (C=O) groups excluding carboxylic acids is 4. The molecule has 0 aliphatic carbocycles. The largest absolute Gasteiger partial charge is 0.508 e. The molecule has 15 heteroatoms. The third-order valence-electron chi connectivity index (χ3n) is 9.86. The molecule has 2 rings (SSSR count). The van der Waals surface area contributed by atoms with Crippen LogP contribution in [-0.2, 0) is 30.4 Å². The van der Waals surface area contributed by atoms with Crippen LogP contribution in [0.3, 0.4) is 0 Å². The number of amides is 4. The van der Waals surface area contributed by atoms with Crippen molar-refractivity contribution in [1.82, 2.24) is 26.2 Å². The first-order valence-electron chi connectivity index (χ1n) is 19.3. The predicted molar refractivity (Wildman–Crippen MR) is 204 cm³/mol. The van der Waals surface area contributed by atoms with Crippen LogP contribution in [0.1, 0.15) is 97.5 Å². The smallest absolute Gasteiger partial charge is 0.326 e. The molecule has 12 N–H and O–H groups in total. The summed E-state index contributed by atoms with van der Waals surface area (Å²) in [6.45, 7) is 9.24. The van der Waals surface area contributed by atoms with E-state index in [1.165, 1.54) is 12.1 Å². The van der Waals surface area contributed by atoms with E-state index in [-0.39, 0.29) is 42.4 Å². The van der Waals surface area contributed by atoms with Gasteiger partial charge in [0, 0.05) is 25.6 Å². The average Bonchev–Trinajstić information content (AvgIpc) is 3.62. The van der Waals surface area contributed by atoms with E-state index in [0.29, 0.717) is 57.4 Å². The number of aromatic hydroxyl groups is 1. The van der Waals surface area contributed by atoms with E-state index in [1.807, 2.05) is 20.8 Å². The van der Waals surface area contributed by atoms with E-state index in [0.717, 1.165) is 32.1 Å². The summed E-state index contributed by atoms with van der Waals surface area (Å²) >= 11 is 0. The van der Waals surface area contributed by atoms with Gasteiger partial charge in [0.2, 0.25) is 23.6 Å². The summed E-state index contributed by atoms with van der Waals surface area (Å²) in [4.78, 5) is 69.0. The van der Waals surface area contributed by atoms with Crippen molar-refractivity contribution in [2.75, 3.05) is 26.2 Å². The Balaban J connectivity index is 2.31. The van der Waals surface area contributed by atoms with Gasteiger partial charge in [-0.1, -0.05) is 59.1 Å². The molecule has 0 saturated carbocycles. The number of rotatable bonds is 25. The van der Waals surface area contributed by atoms with Crippen molar-refractivity contribution in [3.05, 3.63) is 29.8 Å². The lowest BCUT2D eigenvalue weighted by atomic mass is 9.96. The number of nitrogens with one attached hydrogen (secondary N) is 4. The standard InChI is InChI=1S/C38H66N8O7/c1-5-25(4)33(36(50)44-31(38(52)53)21-24(2)3)45-34(48)30(22-26-14-16-28(47)17-15-26)43-35(49)32-13-10-20-46(32)37(51)29(12-7-9-19-40)42-23-27(41)11-6-8-18-39/h14-17,24-25,27,29-33,42,47H,5-13,18-23,39-41H2,1-4H3,(H,43,49)(H,44,50)(H,45,48)(H,52,53)/t25-,27+,29-,30-,31+,32-,33-/m0/s1. The Kier molecular flexibility index (Phi) is 20.4. The van der Waals surface area contributed by atoms with Gasteiger partial charge in [0.05, 0.1) is 6.04 Å². The molecule has 1 aromatic carbocycles. The van der Waals surface area contributed by atoms with E-state index in [9.17, 15) is 34.2 Å². The predicted octanol–water partition coefficient (Wildman–Crippen LogP) is 1.10. The van der Waals surface area contributed by atoms with E-state index in [4.69, 9.17) is 17.2 Å². The Morgan fingerprint density at radius 1 is 0.868 bits per heavy atom. The van der Waals surface area contributed by atoms with Gasteiger partial charge in [-0.2, -0.15) is 0 Å². The number of benzene rings is 1. The minimum absolute atomic E-state index is 0.000946. The fourth-order valence-corrected chi connectivity index (χ4v) is 6.51. The minimum atomic E-state index is -1.17. The van der Waals surface area contributed by atoms with Gasteiger partial charge in [0.15, 0.2) is 0 Å². The number of unbranched alkanes of at least 4 members (excludes halogenated alkanes) is 2. The molecule has 1 aliphatic rings. The lowest BCUT2D eigenvalue weighted by molar-refractivity contribution is -0.143. The zero-order valence-electron chi connectivity index (χ0n) is 32.1. The summed E-state index contributed by atoms with van der Waals surface area (Å²) in [5.74, 6) is -3.47. The van der Waals surface area contributed by atoms with E-state index in [2.05, 4.69) is 21.3 Å². The summed E-state index contributed by atoms with van der Waals surface area (Å²) < 4.78 is 0. The average molecular weight is 747 g/mol. The van der Waals surface area contributed by atoms with Gasteiger partial charge in [0.1, 0.15) is 29.9 Å². The first-order chi connectivity index (χ1) is 25.2. The Bertz CT molecular complexity index is 1300. The normalized spacial score (nSPS) is 17.7. The van der Waals surface area contributed by atoms with Crippen molar-refractivity contribution < 1.29 is 34.2 Å². The van der Waals surface area contributed by atoms with Gasteiger partial charge in [-0.05, 0) is 87.6 Å². The summed E-state index contributed by atoms with van der Waals surface area (Å²) in [5.41, 5.74) is 18.3. The highest BCUT2D eigenvalue weighted by atomic mass is 16.4. The number of carbonyl (C=O) groups is 5. The van der Waals surface area contributed by atoms with Crippen LogP contribution < -0.4 is 38.5 Å². The number of nitrogens with two attached hydrogens (primary N) is 3. The lowest BCUT2D eigenvalue weighted by Crippen LogP contribution is -2.60. The van der Waals surface area contributed by atoms with Crippen molar-refractivity contribution in [1.29, 1.82) is 0 Å². The number of aliphatic carboxylic acids is 1. The monoisotopic (exact) mass is 747 g/mol. The molecule has 0 aromatic heterocycles. The highest BCUT2D eigenvalue weighted by Gasteiger charge is 2.39. The van der Waals surface area contributed by atoms with Crippen molar-refractivity contribution in [2.24, 2.45) is 29.0 Å². The molecule has 0 radical (unpaired) electrons. The molecule has 1 fully saturated rings. The Morgan fingerprint density at radius 2 is 1.51 bits per heavy atom. The maximum absolute atomic E-state index is 14.0. The first kappa shape index (κ1) is 45.4. The van der Waals surface area contributed by atoms with Crippen LogP contribution in [0.5, 0.6) is 5.75 Å². The van der Waals surface area contributed by atoms with Crippen molar-refractivity contribution in [3.8, 4) is 5.75 Å². The number of hydrogen-bond acceptors (Lipinski definition) is 10. The summed E-state index contributed by atoms with van der Waals surface area (Å²) in [7, 11) is 0. The molecule has 7 atom stereocenters. The maximum atomic E-state index is 14.0. The van der Waals surface area contributed by atoms with Gasteiger partial charge in [0.25, 0.3) is 0 Å². The Labute approximate surface area is 314 Å². The van der Waals surface area contributed by atoms with Crippen molar-refractivity contribution in [2.45, 2.75) is 135 Å². The van der Waals surface area contributed by atoms with Gasteiger partial charge >= 0.3 is 5.97 Å². The number of carboxylic acid groups (broad SMARTS) is 1. The van der Waals surface area contributed by atoms with Crippen LogP contribution in [0.4, 0.5) is 0 Å². The number of hydrogen-bond donors (Lipinski definition) is 9. The third-order valence-corrected chi connectivity index (χ3v) is 9.86. The van der Waals surface area contributed by atoms with Gasteiger partial charge in [-0.25, -0.2) is 4.79 Å². The van der Waals surface area contributed by atoms with Crippen LogP contribution >= 0.6 is 0 Å². The minimum Gasteiger partial charge on any atom is -0.508 e. The van der Waals surface area contributed by atoms with Crippen molar-refractivity contribution in [3.63, 3.8) is 0 Å². The molecule has 1 saturated heterocycles. The van der Waals surface area contributed by atoms with E-state index < -0.39 is 53.9 Å². The number of phenols is 1.